The zero-order chi connectivity index (χ0) is 33.7. The van der Waals surface area contributed by atoms with Crippen molar-refractivity contribution in [2.75, 3.05) is 41.3 Å². The standard InChI is InChI=1S/C34H40N4O8/c1-37(2)13-6-5-12-36-33(45)18-9-7-8-17(14-18)20-10-11-23(39)25-21(20)15-19-16-22-27(38(3)4)29(41)26(32(35)44)31(43)34(22,46)30(42)24(19)28(25)40/h7-11,14,19,22,27,39,41-42,46H,5-6,12-13,15-16H2,1-4H3,(H2,35,44)(H,36,45)/t19-,22-,27-,34-/m0/s1. The number of nitrogens with zero attached hydrogens (tertiary/aromatic N) is 2. The van der Waals surface area contributed by atoms with Crippen molar-refractivity contribution in [3.63, 3.8) is 0 Å². The third-order valence-corrected chi connectivity index (χ3v) is 9.36. The molecule has 0 fully saturated rings. The number of allylic oxidation sites excluding steroid dienone is 1. The summed E-state index contributed by atoms with van der Waals surface area (Å²) >= 11 is 0. The van der Waals surface area contributed by atoms with Gasteiger partial charge in [0.2, 0.25) is 5.78 Å². The fourth-order valence-electron chi connectivity index (χ4n) is 7.21. The van der Waals surface area contributed by atoms with E-state index in [1.807, 2.05) is 14.1 Å². The Morgan fingerprint density at radius 1 is 1.04 bits per heavy atom. The van der Waals surface area contributed by atoms with Crippen LogP contribution in [0.5, 0.6) is 5.75 Å². The number of hydrogen-bond donors (Lipinski definition) is 6. The number of carbonyl (C=O) groups is 4. The molecule has 0 unspecified atom stereocenters. The molecule has 0 radical (unpaired) electrons. The fourth-order valence-corrected chi connectivity index (χ4v) is 7.21. The van der Waals surface area contributed by atoms with Gasteiger partial charge in [-0.1, -0.05) is 18.2 Å². The van der Waals surface area contributed by atoms with Gasteiger partial charge < -0.3 is 36.4 Å². The van der Waals surface area contributed by atoms with E-state index in [2.05, 4.69) is 10.2 Å². The number of Topliss-reactive ketones (excluding diaryl/α,β-unsaturated/α-hetero) is 2. The Hall–Kier alpha value is -4.52. The van der Waals surface area contributed by atoms with Crippen molar-refractivity contribution in [1.82, 2.24) is 15.1 Å². The van der Waals surface area contributed by atoms with Crippen LogP contribution in [0.3, 0.4) is 0 Å². The van der Waals surface area contributed by atoms with Gasteiger partial charge in [-0.25, -0.2) is 0 Å². The van der Waals surface area contributed by atoms with Crippen LogP contribution < -0.4 is 11.1 Å². The molecule has 7 N–H and O–H groups in total. The summed E-state index contributed by atoms with van der Waals surface area (Å²) in [5.41, 5.74) is 3.68. The molecule has 5 rings (SSSR count). The molecule has 0 aliphatic heterocycles. The quantitative estimate of drug-likeness (QED) is 0.176. The molecule has 3 aliphatic rings. The number of primary amides is 1. The third-order valence-electron chi connectivity index (χ3n) is 9.36. The Morgan fingerprint density at radius 2 is 1.76 bits per heavy atom. The highest BCUT2D eigenvalue weighted by atomic mass is 16.3. The molecule has 0 aromatic heterocycles. The summed E-state index contributed by atoms with van der Waals surface area (Å²) in [6.45, 7) is 1.44. The number of aromatic hydroxyl groups is 1. The summed E-state index contributed by atoms with van der Waals surface area (Å²) in [6, 6.07) is 8.87. The Balaban J connectivity index is 1.53. The van der Waals surface area contributed by atoms with E-state index in [9.17, 15) is 39.6 Å². The molecule has 0 spiro atoms. The Bertz CT molecular complexity index is 1690. The molecule has 3 aliphatic carbocycles. The number of aliphatic hydroxyl groups excluding tert-OH is 2. The predicted molar refractivity (Wildman–Crippen MR) is 169 cm³/mol. The van der Waals surface area contributed by atoms with Gasteiger partial charge in [-0.15, -0.1) is 0 Å². The zero-order valence-corrected chi connectivity index (χ0v) is 26.3. The summed E-state index contributed by atoms with van der Waals surface area (Å²) in [7, 11) is 7.15. The monoisotopic (exact) mass is 632 g/mol. The molecule has 0 saturated carbocycles. The first-order valence-corrected chi connectivity index (χ1v) is 15.2. The number of phenolic OH excluding ortho intramolecular Hbond substituents is 1. The number of phenols is 1. The number of hydrogen-bond acceptors (Lipinski definition) is 10. The first-order valence-electron chi connectivity index (χ1n) is 15.2. The van der Waals surface area contributed by atoms with Gasteiger partial charge >= 0.3 is 0 Å². The third kappa shape index (κ3) is 5.36. The van der Waals surface area contributed by atoms with E-state index in [1.165, 1.54) is 11.0 Å². The number of ketones is 2. The Kier molecular flexibility index (Phi) is 8.82. The Morgan fingerprint density at radius 3 is 2.41 bits per heavy atom. The van der Waals surface area contributed by atoms with E-state index >= 15 is 0 Å². The summed E-state index contributed by atoms with van der Waals surface area (Å²) in [6.07, 6.45) is 1.89. The second-order valence-electron chi connectivity index (χ2n) is 12.8. The molecule has 244 valence electrons. The van der Waals surface area contributed by atoms with Gasteiger partial charge in [0.05, 0.1) is 11.6 Å². The predicted octanol–water partition coefficient (Wildman–Crippen LogP) is 1.86. The molecule has 4 atom stereocenters. The van der Waals surface area contributed by atoms with Crippen molar-refractivity contribution in [3.05, 3.63) is 75.8 Å². The lowest BCUT2D eigenvalue weighted by Gasteiger charge is -2.50. The van der Waals surface area contributed by atoms with E-state index in [1.54, 1.807) is 44.4 Å². The number of nitrogens with one attached hydrogen (secondary N) is 1. The minimum absolute atomic E-state index is 0.0167. The molecular weight excluding hydrogens is 592 g/mol. The number of likely N-dealkylation sites (N-methyl/N-ethyl adjacent to an activating group) is 1. The first-order chi connectivity index (χ1) is 21.7. The van der Waals surface area contributed by atoms with Gasteiger partial charge in [-0.2, -0.15) is 0 Å². The van der Waals surface area contributed by atoms with E-state index < -0.39 is 58.0 Å². The van der Waals surface area contributed by atoms with Crippen molar-refractivity contribution in [2.45, 2.75) is 37.3 Å². The maximum Gasteiger partial charge on any atom is 0.255 e. The molecule has 2 aromatic rings. The zero-order valence-electron chi connectivity index (χ0n) is 26.3. The van der Waals surface area contributed by atoms with Crippen LogP contribution in [0.1, 0.15) is 45.5 Å². The molecule has 2 aromatic carbocycles. The van der Waals surface area contributed by atoms with Gasteiger partial charge in [0, 0.05) is 23.6 Å². The van der Waals surface area contributed by atoms with Crippen LogP contribution in [0, 0.1) is 11.8 Å². The number of aliphatic hydroxyl groups is 3. The molecule has 0 saturated heterocycles. The highest BCUT2D eigenvalue weighted by molar-refractivity contribution is 6.25. The minimum Gasteiger partial charge on any atom is -0.510 e. The number of rotatable bonds is 9. The topological polar surface area (TPSA) is 194 Å². The van der Waals surface area contributed by atoms with Gasteiger partial charge in [0.15, 0.2) is 11.4 Å². The van der Waals surface area contributed by atoms with Crippen molar-refractivity contribution in [3.8, 4) is 16.9 Å². The summed E-state index contributed by atoms with van der Waals surface area (Å²) in [5, 5.41) is 48.1. The van der Waals surface area contributed by atoms with Crippen LogP contribution >= 0.6 is 0 Å². The summed E-state index contributed by atoms with van der Waals surface area (Å²) < 4.78 is 0. The van der Waals surface area contributed by atoms with Crippen molar-refractivity contribution in [2.24, 2.45) is 17.6 Å². The van der Waals surface area contributed by atoms with Crippen LogP contribution in [-0.2, 0) is 16.0 Å². The number of amides is 2. The van der Waals surface area contributed by atoms with E-state index in [0.717, 1.165) is 19.4 Å². The second-order valence-corrected chi connectivity index (χ2v) is 12.8. The lowest BCUT2D eigenvalue weighted by atomic mass is 9.58. The van der Waals surface area contributed by atoms with Crippen LogP contribution in [0.4, 0.5) is 0 Å². The van der Waals surface area contributed by atoms with Gasteiger partial charge in [0.25, 0.3) is 11.8 Å². The van der Waals surface area contributed by atoms with Gasteiger partial charge in [0.1, 0.15) is 22.8 Å². The summed E-state index contributed by atoms with van der Waals surface area (Å²) in [4.78, 5) is 56.3. The number of nitrogens with two attached hydrogens (primary N) is 1. The van der Waals surface area contributed by atoms with E-state index in [0.29, 0.717) is 28.8 Å². The van der Waals surface area contributed by atoms with Gasteiger partial charge in [-0.3, -0.25) is 24.1 Å². The summed E-state index contributed by atoms with van der Waals surface area (Å²) in [5.74, 6) is -7.28. The lowest BCUT2D eigenvalue weighted by Crippen LogP contribution is -2.63. The maximum absolute atomic E-state index is 14.0. The van der Waals surface area contributed by atoms with Crippen molar-refractivity contribution in [1.29, 1.82) is 0 Å². The average molecular weight is 633 g/mol. The fraction of sp³-hybridized carbons (Fsp3) is 0.412. The van der Waals surface area contributed by atoms with Crippen LogP contribution in [-0.4, -0.2) is 107 Å². The molecule has 12 nitrogen and oxygen atoms in total. The van der Waals surface area contributed by atoms with Crippen LogP contribution in [0.2, 0.25) is 0 Å². The molecule has 2 amide bonds. The van der Waals surface area contributed by atoms with Gasteiger partial charge in [-0.05, 0) is 101 Å². The SMILES string of the molecule is CN(C)CCCCNC(=O)c1cccc(-c2ccc(O)c3c2C[C@H]2C[C@H]4[C@H](N(C)C)C(O)=C(C(N)=O)C(=O)[C@@]4(O)C(O)=C2C3=O)c1. The van der Waals surface area contributed by atoms with E-state index in [-0.39, 0.29) is 35.6 Å². The smallest absolute Gasteiger partial charge is 0.255 e. The van der Waals surface area contributed by atoms with Crippen LogP contribution in [0.15, 0.2) is 59.1 Å². The molecular formula is C34H40N4O8. The second kappa shape index (κ2) is 12.3. The number of unbranched alkanes of at least 4 members (excludes halogenated alkanes) is 1. The highest BCUT2D eigenvalue weighted by Crippen LogP contribution is 2.53. The average Bonchev–Trinajstić information content (AvgIpc) is 2.98. The number of fused-ring (bicyclic) bond motifs is 3. The molecule has 46 heavy (non-hydrogen) atoms. The molecule has 12 heteroatoms. The Labute approximate surface area is 266 Å². The first kappa shape index (κ1) is 32.9. The number of benzene rings is 2. The van der Waals surface area contributed by atoms with E-state index in [4.69, 9.17) is 5.73 Å². The largest absolute Gasteiger partial charge is 0.510 e. The van der Waals surface area contributed by atoms with Crippen molar-refractivity contribution >= 4 is 23.4 Å². The minimum atomic E-state index is -2.70. The maximum atomic E-state index is 14.0. The number of carbonyl (C=O) groups excluding carboxylic acids is 4. The molecule has 0 heterocycles. The molecule has 0 bridgehead atoms. The highest BCUT2D eigenvalue weighted by Gasteiger charge is 2.63. The van der Waals surface area contributed by atoms with Crippen LogP contribution in [0.25, 0.3) is 11.1 Å². The normalized spacial score (nSPS) is 24.2. The van der Waals surface area contributed by atoms with Crippen molar-refractivity contribution < 1.29 is 39.6 Å². The lowest BCUT2D eigenvalue weighted by molar-refractivity contribution is -0.148.